The summed E-state index contributed by atoms with van der Waals surface area (Å²) in [5.41, 5.74) is 0.903. The summed E-state index contributed by atoms with van der Waals surface area (Å²) in [6.45, 7) is 2.01. The minimum Gasteiger partial charge on any atom is -0.493 e. The zero-order chi connectivity index (χ0) is 22.9. The van der Waals surface area contributed by atoms with Gasteiger partial charge in [-0.05, 0) is 37.8 Å². The van der Waals surface area contributed by atoms with Crippen molar-refractivity contribution in [1.82, 2.24) is 25.1 Å². The highest BCUT2D eigenvalue weighted by atomic mass is 19.1. The Morgan fingerprint density at radius 3 is 2.79 bits per heavy atom. The second-order valence-corrected chi connectivity index (χ2v) is 8.41. The monoisotopic (exact) mass is 456 g/mol. The van der Waals surface area contributed by atoms with Crippen molar-refractivity contribution < 1.29 is 24.1 Å². The molecule has 3 N–H and O–H groups in total. The first-order valence-corrected chi connectivity index (χ1v) is 11.1. The Bertz CT molecular complexity index is 1170. The summed E-state index contributed by atoms with van der Waals surface area (Å²) in [5, 5.41) is 27.4. The van der Waals surface area contributed by atoms with E-state index in [2.05, 4.69) is 20.3 Å². The van der Waals surface area contributed by atoms with Gasteiger partial charge in [0.25, 0.3) is 0 Å². The molecule has 2 atom stereocenters. The van der Waals surface area contributed by atoms with Gasteiger partial charge in [-0.25, -0.2) is 9.07 Å². The molecule has 11 heteroatoms. The highest BCUT2D eigenvalue weighted by molar-refractivity contribution is 5.83. The van der Waals surface area contributed by atoms with E-state index in [1.807, 2.05) is 0 Å². The minimum atomic E-state index is -0.823. The lowest BCUT2D eigenvalue weighted by molar-refractivity contribution is -0.137. The standard InChI is InChI=1S/C22H25FN6O4/c23-13-5-6-17(18(8-13)33-7-3-1-2-4-19(30)31)29-20-16(12-25-29)21(32)27-22(26-20)28-14-9-15(28)11-24-10-14/h5-6,8,12,14-15,24H,1-4,7,9-11H2,(H,30,31)(H,26,27,32)/t14-,15+. The third-order valence-electron chi connectivity index (χ3n) is 6.16. The number of aromatic hydroxyl groups is 1. The molecule has 2 saturated heterocycles. The number of hydrogen-bond donors (Lipinski definition) is 3. The number of fused-ring (bicyclic) bond motifs is 3. The Labute approximate surface area is 189 Å². The molecular formula is C22H25FN6O4. The van der Waals surface area contributed by atoms with Gasteiger partial charge in [-0.3, -0.25) is 4.79 Å². The topological polar surface area (TPSA) is 126 Å². The van der Waals surface area contributed by atoms with Crippen molar-refractivity contribution in [2.45, 2.75) is 44.2 Å². The number of hydrogen-bond acceptors (Lipinski definition) is 8. The predicted octanol–water partition coefficient (Wildman–Crippen LogP) is 2.23. The Kier molecular flexibility index (Phi) is 5.71. The van der Waals surface area contributed by atoms with Gasteiger partial charge in [0.05, 0.1) is 12.8 Å². The van der Waals surface area contributed by atoms with Crippen LogP contribution in [0, 0.1) is 5.82 Å². The van der Waals surface area contributed by atoms with Gasteiger partial charge in [0.2, 0.25) is 11.8 Å². The van der Waals surface area contributed by atoms with Gasteiger partial charge < -0.3 is 25.2 Å². The zero-order valence-electron chi connectivity index (χ0n) is 17.9. The maximum Gasteiger partial charge on any atom is 0.303 e. The van der Waals surface area contributed by atoms with Crippen LogP contribution in [0.3, 0.4) is 0 Å². The first kappa shape index (κ1) is 21.4. The van der Waals surface area contributed by atoms with Gasteiger partial charge >= 0.3 is 5.97 Å². The van der Waals surface area contributed by atoms with E-state index in [1.54, 1.807) is 6.07 Å². The largest absolute Gasteiger partial charge is 0.493 e. The fourth-order valence-corrected chi connectivity index (χ4v) is 4.50. The molecule has 5 rings (SSSR count). The van der Waals surface area contributed by atoms with Gasteiger partial charge in [0.15, 0.2) is 5.65 Å². The molecule has 4 heterocycles. The Morgan fingerprint density at radius 1 is 1.21 bits per heavy atom. The molecule has 0 aliphatic carbocycles. The number of benzene rings is 1. The average molecular weight is 456 g/mol. The first-order valence-electron chi connectivity index (χ1n) is 11.1. The molecule has 0 unspecified atom stereocenters. The summed E-state index contributed by atoms with van der Waals surface area (Å²) in [4.78, 5) is 21.7. The lowest BCUT2D eigenvalue weighted by atomic mass is 9.89. The van der Waals surface area contributed by atoms with Gasteiger partial charge in [-0.1, -0.05) is 0 Å². The molecule has 0 radical (unpaired) electrons. The summed E-state index contributed by atoms with van der Waals surface area (Å²) < 4.78 is 21.3. The number of anilines is 1. The van der Waals surface area contributed by atoms with Crippen LogP contribution in [-0.4, -0.2) is 67.7 Å². The number of carboxylic acid groups (broad SMARTS) is 1. The third-order valence-corrected chi connectivity index (χ3v) is 6.16. The molecule has 3 aromatic rings. The van der Waals surface area contributed by atoms with E-state index in [4.69, 9.17) is 14.8 Å². The van der Waals surface area contributed by atoms with E-state index < -0.39 is 11.8 Å². The number of aromatic nitrogens is 4. The summed E-state index contributed by atoms with van der Waals surface area (Å²) in [6.07, 6.45) is 4.56. The van der Waals surface area contributed by atoms with Crippen molar-refractivity contribution >= 4 is 23.0 Å². The van der Waals surface area contributed by atoms with Crippen molar-refractivity contribution in [3.63, 3.8) is 0 Å². The molecule has 0 amide bonds. The molecular weight excluding hydrogens is 431 g/mol. The summed E-state index contributed by atoms with van der Waals surface area (Å²) >= 11 is 0. The minimum absolute atomic E-state index is 0.116. The quantitative estimate of drug-likeness (QED) is 0.416. The highest BCUT2D eigenvalue weighted by Gasteiger charge is 2.43. The van der Waals surface area contributed by atoms with Gasteiger partial charge in [0, 0.05) is 37.7 Å². The predicted molar refractivity (Wildman–Crippen MR) is 117 cm³/mol. The third kappa shape index (κ3) is 4.15. The molecule has 2 bridgehead atoms. The van der Waals surface area contributed by atoms with Crippen molar-refractivity contribution in [2.75, 3.05) is 24.6 Å². The maximum absolute atomic E-state index is 14.0. The fraction of sp³-hybridized carbons (Fsp3) is 0.455. The summed E-state index contributed by atoms with van der Waals surface area (Å²) in [6, 6.07) is 4.75. The van der Waals surface area contributed by atoms with Crippen LogP contribution in [0.1, 0.15) is 32.1 Å². The molecule has 10 nitrogen and oxygen atoms in total. The van der Waals surface area contributed by atoms with E-state index >= 15 is 0 Å². The molecule has 174 valence electrons. The second-order valence-electron chi connectivity index (χ2n) is 8.41. The summed E-state index contributed by atoms with van der Waals surface area (Å²) in [5.74, 6) is -0.676. The number of piperidine rings is 1. The fourth-order valence-electron chi connectivity index (χ4n) is 4.50. The van der Waals surface area contributed by atoms with E-state index in [9.17, 15) is 14.3 Å². The molecule has 33 heavy (non-hydrogen) atoms. The number of ether oxygens (including phenoxy) is 1. The molecule has 2 aliphatic heterocycles. The van der Waals surface area contributed by atoms with Crippen molar-refractivity contribution in [1.29, 1.82) is 0 Å². The highest BCUT2D eigenvalue weighted by Crippen LogP contribution is 2.36. The normalized spacial score (nSPS) is 19.5. The van der Waals surface area contributed by atoms with Crippen LogP contribution >= 0.6 is 0 Å². The SMILES string of the molecule is O=C(O)CCCCCOc1cc(F)ccc1-n1ncc2c(O)nc(N3[C@@H]4CNC[C@H]3C4)nc21. The first-order chi connectivity index (χ1) is 16.0. The van der Waals surface area contributed by atoms with Crippen LogP contribution in [0.2, 0.25) is 0 Å². The zero-order valence-corrected chi connectivity index (χ0v) is 17.9. The molecule has 2 aliphatic rings. The smallest absolute Gasteiger partial charge is 0.303 e. The Hall–Kier alpha value is -3.47. The van der Waals surface area contributed by atoms with Gasteiger partial charge in [0.1, 0.15) is 22.6 Å². The van der Waals surface area contributed by atoms with Crippen LogP contribution in [0.4, 0.5) is 10.3 Å². The lowest BCUT2D eigenvalue weighted by Crippen LogP contribution is -2.68. The average Bonchev–Trinajstić information content (AvgIpc) is 3.21. The molecule has 2 aromatic heterocycles. The Balaban J connectivity index is 1.41. The number of carbonyl (C=O) groups is 1. The van der Waals surface area contributed by atoms with Crippen LogP contribution in [0.15, 0.2) is 24.4 Å². The number of carboxylic acids is 1. The summed E-state index contributed by atoms with van der Waals surface area (Å²) in [7, 11) is 0. The van der Waals surface area contributed by atoms with Crippen LogP contribution in [0.5, 0.6) is 11.6 Å². The number of rotatable bonds is 9. The van der Waals surface area contributed by atoms with Crippen LogP contribution in [-0.2, 0) is 4.79 Å². The van der Waals surface area contributed by atoms with Gasteiger partial charge in [-0.15, -0.1) is 0 Å². The van der Waals surface area contributed by atoms with Gasteiger partial charge in [-0.2, -0.15) is 15.1 Å². The van der Waals surface area contributed by atoms with E-state index in [0.717, 1.165) is 19.5 Å². The van der Waals surface area contributed by atoms with Crippen molar-refractivity contribution in [3.05, 3.63) is 30.2 Å². The molecule has 2 fully saturated rings. The molecule has 0 saturated carbocycles. The number of halogens is 1. The maximum atomic E-state index is 14.0. The van der Waals surface area contributed by atoms with E-state index in [1.165, 1.54) is 23.0 Å². The number of nitrogens with one attached hydrogen (secondary N) is 1. The van der Waals surface area contributed by atoms with Crippen LogP contribution in [0.25, 0.3) is 16.7 Å². The lowest BCUT2D eigenvalue weighted by Gasteiger charge is -2.52. The second kappa shape index (κ2) is 8.81. The number of unbranched alkanes of at least 4 members (excludes halogenated alkanes) is 2. The van der Waals surface area contributed by atoms with Crippen molar-refractivity contribution in [3.8, 4) is 17.3 Å². The van der Waals surface area contributed by atoms with Crippen molar-refractivity contribution in [2.24, 2.45) is 0 Å². The van der Waals surface area contributed by atoms with Crippen LogP contribution < -0.4 is 15.0 Å². The number of nitrogens with zero attached hydrogens (tertiary/aromatic N) is 5. The Morgan fingerprint density at radius 2 is 2.03 bits per heavy atom. The van der Waals surface area contributed by atoms with E-state index in [0.29, 0.717) is 66.4 Å². The van der Waals surface area contributed by atoms with E-state index in [-0.39, 0.29) is 12.3 Å². The molecule has 1 aromatic carbocycles. The number of piperazine rings is 1. The number of aliphatic carboxylic acids is 1. The molecule has 0 spiro atoms.